The molecule has 1 heterocycles. The van der Waals surface area contributed by atoms with E-state index < -0.39 is 0 Å². The minimum atomic E-state index is -0.387. The molecule has 5 heteroatoms. The largest absolute Gasteiger partial charge is 0.363 e. The van der Waals surface area contributed by atoms with Crippen molar-refractivity contribution in [2.75, 3.05) is 13.7 Å². The Balaban J connectivity index is 2.38. The topological polar surface area (TPSA) is 59.9 Å². The maximum Gasteiger partial charge on any atom is 0.269 e. The first kappa shape index (κ1) is 8.99. The molecule has 0 saturated heterocycles. The van der Waals surface area contributed by atoms with Crippen LogP contribution in [0.5, 0.6) is 0 Å². The summed E-state index contributed by atoms with van der Waals surface area (Å²) in [4.78, 5) is 15.8. The third-order valence-electron chi connectivity index (χ3n) is 1.48. The maximum absolute atomic E-state index is 11.0. The van der Waals surface area contributed by atoms with Gasteiger partial charge in [-0.3, -0.25) is 4.79 Å². The number of amides is 1. The lowest BCUT2D eigenvalue weighted by Crippen LogP contribution is -2.27. The van der Waals surface area contributed by atoms with Crippen molar-refractivity contribution in [3.63, 3.8) is 0 Å². The Bertz CT molecular complexity index is 203. The van der Waals surface area contributed by atoms with Gasteiger partial charge in [0.25, 0.3) is 5.91 Å². The number of nitrogens with zero attached hydrogens (tertiary/aromatic N) is 1. The van der Waals surface area contributed by atoms with Crippen LogP contribution in [-0.4, -0.2) is 31.6 Å². The molecule has 0 aliphatic carbocycles. The number of nitrogens with one attached hydrogen (secondary N) is 1. The van der Waals surface area contributed by atoms with Crippen LogP contribution >= 0.6 is 0 Å². The first-order valence-corrected chi connectivity index (χ1v) is 3.84. The van der Waals surface area contributed by atoms with Gasteiger partial charge in [-0.25, -0.2) is 0 Å². The average molecular weight is 172 g/mol. The van der Waals surface area contributed by atoms with Crippen molar-refractivity contribution < 1.29 is 14.4 Å². The van der Waals surface area contributed by atoms with E-state index in [0.717, 1.165) is 0 Å². The molecule has 0 bridgehead atoms. The molecule has 0 saturated carbocycles. The molecule has 1 aliphatic heterocycles. The first-order chi connectivity index (χ1) is 5.77. The van der Waals surface area contributed by atoms with Gasteiger partial charge < -0.3 is 14.9 Å². The number of carbonyl (C=O) groups is 1. The molecule has 5 nitrogen and oxygen atoms in total. The monoisotopic (exact) mass is 172 g/mol. The van der Waals surface area contributed by atoms with Gasteiger partial charge >= 0.3 is 0 Å². The van der Waals surface area contributed by atoms with E-state index in [-0.39, 0.29) is 12.2 Å². The van der Waals surface area contributed by atoms with Crippen molar-refractivity contribution >= 4 is 11.6 Å². The van der Waals surface area contributed by atoms with Crippen LogP contribution in [0.4, 0.5) is 0 Å². The molecule has 1 rings (SSSR count). The predicted octanol–water partition coefficient (Wildman–Crippen LogP) is -0.129. The van der Waals surface area contributed by atoms with Crippen LogP contribution in [0.2, 0.25) is 0 Å². The quantitative estimate of drug-likeness (QED) is 0.645. The SMILES string of the molecule is CCOC1CC(C(=O)NC)=NO1. The van der Waals surface area contributed by atoms with Gasteiger partial charge in [-0.2, -0.15) is 0 Å². The summed E-state index contributed by atoms with van der Waals surface area (Å²) in [5, 5.41) is 6.05. The van der Waals surface area contributed by atoms with E-state index in [1.165, 1.54) is 0 Å². The highest BCUT2D eigenvalue weighted by Gasteiger charge is 2.25. The Kier molecular flexibility index (Phi) is 3.04. The van der Waals surface area contributed by atoms with E-state index in [0.29, 0.717) is 18.7 Å². The average Bonchev–Trinajstić information content (AvgIpc) is 2.52. The first-order valence-electron chi connectivity index (χ1n) is 3.84. The summed E-state index contributed by atoms with van der Waals surface area (Å²) in [7, 11) is 1.55. The van der Waals surface area contributed by atoms with Crippen LogP contribution in [0.3, 0.4) is 0 Å². The Morgan fingerprint density at radius 1 is 1.92 bits per heavy atom. The molecule has 1 N–H and O–H groups in total. The summed E-state index contributed by atoms with van der Waals surface area (Å²) < 4.78 is 5.11. The zero-order valence-electron chi connectivity index (χ0n) is 7.16. The van der Waals surface area contributed by atoms with E-state index in [1.54, 1.807) is 7.05 Å². The lowest BCUT2D eigenvalue weighted by molar-refractivity contribution is -0.120. The Morgan fingerprint density at radius 3 is 3.25 bits per heavy atom. The van der Waals surface area contributed by atoms with Gasteiger partial charge in [0.2, 0.25) is 6.29 Å². The minimum absolute atomic E-state index is 0.211. The van der Waals surface area contributed by atoms with Gasteiger partial charge in [-0.15, -0.1) is 0 Å². The Labute approximate surface area is 70.7 Å². The van der Waals surface area contributed by atoms with Crippen LogP contribution in [0.25, 0.3) is 0 Å². The second kappa shape index (κ2) is 4.06. The standard InChI is InChI=1S/C7H12N2O3/c1-3-11-6-4-5(9-12-6)7(10)8-2/h6H,3-4H2,1-2H3,(H,8,10). The molecule has 0 aromatic heterocycles. The molecule has 12 heavy (non-hydrogen) atoms. The summed E-state index contributed by atoms with van der Waals surface area (Å²) in [5.41, 5.74) is 0.385. The number of carbonyl (C=O) groups excluding carboxylic acids is 1. The number of ether oxygens (including phenoxy) is 1. The summed E-state index contributed by atoms with van der Waals surface area (Å²) in [6.07, 6.45) is 0.0374. The zero-order valence-corrected chi connectivity index (χ0v) is 7.16. The second-order valence-corrected chi connectivity index (χ2v) is 2.31. The molecular formula is C7H12N2O3. The van der Waals surface area contributed by atoms with Crippen LogP contribution < -0.4 is 5.32 Å². The summed E-state index contributed by atoms with van der Waals surface area (Å²) in [6.45, 7) is 2.42. The summed E-state index contributed by atoms with van der Waals surface area (Å²) in [5.74, 6) is -0.211. The predicted molar refractivity (Wildman–Crippen MR) is 42.6 cm³/mol. The Morgan fingerprint density at radius 2 is 2.67 bits per heavy atom. The fourth-order valence-electron chi connectivity index (χ4n) is 0.908. The molecule has 0 fully saturated rings. The molecule has 0 radical (unpaired) electrons. The van der Waals surface area contributed by atoms with Crippen molar-refractivity contribution in [1.82, 2.24) is 5.32 Å². The van der Waals surface area contributed by atoms with Gasteiger partial charge in [-0.1, -0.05) is 5.16 Å². The lowest BCUT2D eigenvalue weighted by Gasteiger charge is -2.05. The number of oxime groups is 1. The lowest BCUT2D eigenvalue weighted by atomic mass is 10.2. The van der Waals surface area contributed by atoms with Crippen LogP contribution in [0.15, 0.2) is 5.16 Å². The van der Waals surface area contributed by atoms with Gasteiger partial charge in [0, 0.05) is 13.7 Å². The molecular weight excluding hydrogens is 160 g/mol. The summed E-state index contributed by atoms with van der Waals surface area (Å²) in [6, 6.07) is 0. The maximum atomic E-state index is 11.0. The molecule has 1 unspecified atom stereocenters. The second-order valence-electron chi connectivity index (χ2n) is 2.31. The van der Waals surface area contributed by atoms with Crippen molar-refractivity contribution in [2.45, 2.75) is 19.6 Å². The van der Waals surface area contributed by atoms with Crippen molar-refractivity contribution in [1.29, 1.82) is 0 Å². The Hall–Kier alpha value is -1.10. The molecule has 1 aliphatic rings. The highest BCUT2D eigenvalue weighted by Crippen LogP contribution is 2.11. The van der Waals surface area contributed by atoms with E-state index in [1.807, 2.05) is 6.92 Å². The highest BCUT2D eigenvalue weighted by atomic mass is 16.8. The minimum Gasteiger partial charge on any atom is -0.363 e. The molecule has 0 spiro atoms. The van der Waals surface area contributed by atoms with Crippen molar-refractivity contribution in [3.05, 3.63) is 0 Å². The van der Waals surface area contributed by atoms with E-state index in [9.17, 15) is 4.79 Å². The highest BCUT2D eigenvalue weighted by molar-refractivity contribution is 6.39. The zero-order chi connectivity index (χ0) is 8.97. The number of rotatable bonds is 3. The van der Waals surface area contributed by atoms with Crippen LogP contribution in [-0.2, 0) is 14.4 Å². The third-order valence-corrected chi connectivity index (χ3v) is 1.48. The van der Waals surface area contributed by atoms with Gasteiger partial charge in [-0.05, 0) is 6.92 Å². The van der Waals surface area contributed by atoms with Gasteiger partial charge in [0.15, 0.2) is 5.71 Å². The van der Waals surface area contributed by atoms with E-state index in [4.69, 9.17) is 9.57 Å². The normalized spacial score (nSPS) is 21.5. The third kappa shape index (κ3) is 1.94. The van der Waals surface area contributed by atoms with Crippen molar-refractivity contribution in [3.8, 4) is 0 Å². The molecule has 68 valence electrons. The van der Waals surface area contributed by atoms with E-state index in [2.05, 4.69) is 10.5 Å². The molecule has 1 amide bonds. The van der Waals surface area contributed by atoms with Crippen LogP contribution in [0, 0.1) is 0 Å². The fraction of sp³-hybridized carbons (Fsp3) is 0.714. The molecule has 0 aromatic rings. The van der Waals surface area contributed by atoms with Gasteiger partial charge in [0.1, 0.15) is 0 Å². The van der Waals surface area contributed by atoms with E-state index >= 15 is 0 Å². The number of hydrogen-bond acceptors (Lipinski definition) is 4. The van der Waals surface area contributed by atoms with Crippen LogP contribution in [0.1, 0.15) is 13.3 Å². The summed E-state index contributed by atoms with van der Waals surface area (Å²) >= 11 is 0. The van der Waals surface area contributed by atoms with Gasteiger partial charge in [0.05, 0.1) is 6.42 Å². The molecule has 0 aromatic carbocycles. The molecule has 1 atom stereocenters. The van der Waals surface area contributed by atoms with Crippen molar-refractivity contribution in [2.24, 2.45) is 5.16 Å². The fourth-order valence-corrected chi connectivity index (χ4v) is 0.908. The smallest absolute Gasteiger partial charge is 0.269 e. The number of hydrogen-bond donors (Lipinski definition) is 1.